The maximum Gasteiger partial charge on any atom is 0.104 e. The molecular formula is C7H13NO. The monoisotopic (exact) mass is 127 g/mol. The lowest BCUT2D eigenvalue weighted by molar-refractivity contribution is 0.0259. The van der Waals surface area contributed by atoms with Crippen molar-refractivity contribution < 1.29 is 5.11 Å². The van der Waals surface area contributed by atoms with E-state index >= 15 is 0 Å². The number of nitrogens with zero attached hydrogens (tertiary/aromatic N) is 1. The van der Waals surface area contributed by atoms with Gasteiger partial charge in [0.1, 0.15) is 6.23 Å². The first-order chi connectivity index (χ1) is 4.30. The van der Waals surface area contributed by atoms with E-state index in [9.17, 15) is 0 Å². The van der Waals surface area contributed by atoms with E-state index in [1.807, 2.05) is 4.90 Å². The van der Waals surface area contributed by atoms with E-state index in [1.54, 1.807) is 6.92 Å². The van der Waals surface area contributed by atoms with Crippen molar-refractivity contribution in [2.24, 2.45) is 0 Å². The molecule has 1 heterocycles. The molecule has 0 aliphatic carbocycles. The lowest BCUT2D eigenvalue weighted by atomic mass is 10.2. The Morgan fingerprint density at radius 3 is 2.67 bits per heavy atom. The summed E-state index contributed by atoms with van der Waals surface area (Å²) >= 11 is 0. The van der Waals surface area contributed by atoms with Crippen LogP contribution in [-0.2, 0) is 0 Å². The minimum absolute atomic E-state index is 0.282. The SMILES string of the molecule is CC(O)N1CC=CCC1. The summed E-state index contributed by atoms with van der Waals surface area (Å²) in [6.45, 7) is 3.70. The van der Waals surface area contributed by atoms with Gasteiger partial charge in [-0.2, -0.15) is 0 Å². The fraction of sp³-hybridized carbons (Fsp3) is 0.714. The summed E-state index contributed by atoms with van der Waals surface area (Å²) in [7, 11) is 0. The molecule has 0 aromatic rings. The highest BCUT2D eigenvalue weighted by molar-refractivity contribution is 4.90. The highest BCUT2D eigenvalue weighted by atomic mass is 16.3. The zero-order chi connectivity index (χ0) is 6.69. The van der Waals surface area contributed by atoms with Crippen LogP contribution < -0.4 is 0 Å². The molecule has 1 unspecified atom stereocenters. The minimum Gasteiger partial charge on any atom is -0.379 e. The van der Waals surface area contributed by atoms with Gasteiger partial charge in [-0.15, -0.1) is 0 Å². The van der Waals surface area contributed by atoms with Crippen molar-refractivity contribution in [1.82, 2.24) is 4.90 Å². The number of rotatable bonds is 1. The first kappa shape index (κ1) is 6.78. The molecule has 52 valence electrons. The van der Waals surface area contributed by atoms with Crippen LogP contribution in [0.5, 0.6) is 0 Å². The Labute approximate surface area is 55.8 Å². The number of aliphatic hydroxyl groups is 1. The van der Waals surface area contributed by atoms with Crippen LogP contribution in [0.15, 0.2) is 12.2 Å². The third kappa shape index (κ3) is 1.80. The average molecular weight is 127 g/mol. The Morgan fingerprint density at radius 1 is 1.56 bits per heavy atom. The van der Waals surface area contributed by atoms with Gasteiger partial charge in [0, 0.05) is 13.1 Å². The molecule has 1 aliphatic rings. The number of hydrogen-bond donors (Lipinski definition) is 1. The van der Waals surface area contributed by atoms with Gasteiger partial charge in [0.15, 0.2) is 0 Å². The van der Waals surface area contributed by atoms with Crippen molar-refractivity contribution in [3.63, 3.8) is 0 Å². The van der Waals surface area contributed by atoms with Crippen molar-refractivity contribution in [2.45, 2.75) is 19.6 Å². The van der Waals surface area contributed by atoms with Gasteiger partial charge >= 0.3 is 0 Å². The lowest BCUT2D eigenvalue weighted by Crippen LogP contribution is -2.35. The van der Waals surface area contributed by atoms with E-state index < -0.39 is 0 Å². The van der Waals surface area contributed by atoms with E-state index in [1.165, 1.54) is 0 Å². The molecule has 1 rings (SSSR count). The third-order valence-corrected chi connectivity index (χ3v) is 1.62. The predicted octanol–water partition coefficient (Wildman–Crippen LogP) is 0.587. The van der Waals surface area contributed by atoms with Crippen LogP contribution in [0.1, 0.15) is 13.3 Å². The molecule has 0 saturated carbocycles. The maximum atomic E-state index is 9.07. The van der Waals surface area contributed by atoms with Gasteiger partial charge in [-0.25, -0.2) is 0 Å². The van der Waals surface area contributed by atoms with Crippen LogP contribution in [-0.4, -0.2) is 29.3 Å². The summed E-state index contributed by atoms with van der Waals surface area (Å²) in [4.78, 5) is 2.03. The molecule has 0 aromatic heterocycles. The maximum absolute atomic E-state index is 9.07. The van der Waals surface area contributed by atoms with Gasteiger partial charge in [0.25, 0.3) is 0 Å². The van der Waals surface area contributed by atoms with Crippen molar-refractivity contribution >= 4 is 0 Å². The van der Waals surface area contributed by atoms with Crippen LogP contribution >= 0.6 is 0 Å². The molecule has 0 spiro atoms. The first-order valence-corrected chi connectivity index (χ1v) is 3.38. The van der Waals surface area contributed by atoms with Gasteiger partial charge in [-0.1, -0.05) is 12.2 Å². The summed E-state index contributed by atoms with van der Waals surface area (Å²) in [5.41, 5.74) is 0. The molecule has 9 heavy (non-hydrogen) atoms. The zero-order valence-corrected chi connectivity index (χ0v) is 5.75. The standard InChI is InChI=1S/C7H13NO/c1-7(9)8-5-3-2-4-6-8/h2-3,7,9H,4-6H2,1H3. The second kappa shape index (κ2) is 2.99. The van der Waals surface area contributed by atoms with Crippen molar-refractivity contribution in [1.29, 1.82) is 0 Å². The topological polar surface area (TPSA) is 23.5 Å². The van der Waals surface area contributed by atoms with Gasteiger partial charge in [-0.05, 0) is 13.3 Å². The molecule has 2 heteroatoms. The third-order valence-electron chi connectivity index (χ3n) is 1.62. The molecule has 0 bridgehead atoms. The molecule has 0 aromatic carbocycles. The normalized spacial score (nSPS) is 24.2. The molecule has 0 radical (unpaired) electrons. The van der Waals surface area contributed by atoms with Gasteiger partial charge < -0.3 is 5.11 Å². The molecule has 1 aliphatic heterocycles. The molecule has 1 atom stereocenters. The van der Waals surface area contributed by atoms with Gasteiger partial charge in [0.05, 0.1) is 0 Å². The lowest BCUT2D eigenvalue weighted by Gasteiger charge is -2.25. The second-order valence-electron chi connectivity index (χ2n) is 2.39. The van der Waals surface area contributed by atoms with Crippen LogP contribution in [0.3, 0.4) is 0 Å². The molecule has 0 fully saturated rings. The quantitative estimate of drug-likeness (QED) is 0.521. The van der Waals surface area contributed by atoms with Crippen LogP contribution in [0.2, 0.25) is 0 Å². The molecule has 0 amide bonds. The molecule has 1 N–H and O–H groups in total. The van der Waals surface area contributed by atoms with Gasteiger partial charge in [0.2, 0.25) is 0 Å². The first-order valence-electron chi connectivity index (χ1n) is 3.38. The molecular weight excluding hydrogens is 114 g/mol. The summed E-state index contributed by atoms with van der Waals surface area (Å²) in [6.07, 6.45) is 5.04. The van der Waals surface area contributed by atoms with E-state index in [2.05, 4.69) is 12.2 Å². The Hall–Kier alpha value is -0.340. The van der Waals surface area contributed by atoms with Crippen molar-refractivity contribution in [3.8, 4) is 0 Å². The second-order valence-corrected chi connectivity index (χ2v) is 2.39. The van der Waals surface area contributed by atoms with Crippen LogP contribution in [0.25, 0.3) is 0 Å². The predicted molar refractivity (Wildman–Crippen MR) is 37.0 cm³/mol. The van der Waals surface area contributed by atoms with E-state index in [4.69, 9.17) is 5.11 Å². The minimum atomic E-state index is -0.282. The zero-order valence-electron chi connectivity index (χ0n) is 5.75. The van der Waals surface area contributed by atoms with Crippen LogP contribution in [0, 0.1) is 0 Å². The molecule has 0 saturated heterocycles. The fourth-order valence-corrected chi connectivity index (χ4v) is 0.999. The van der Waals surface area contributed by atoms with Crippen LogP contribution in [0.4, 0.5) is 0 Å². The van der Waals surface area contributed by atoms with E-state index in [0.717, 1.165) is 19.5 Å². The average Bonchev–Trinajstić information content (AvgIpc) is 1.90. The number of hydrogen-bond acceptors (Lipinski definition) is 2. The Bertz CT molecular complexity index is 109. The smallest absolute Gasteiger partial charge is 0.104 e. The Morgan fingerprint density at radius 2 is 2.33 bits per heavy atom. The largest absolute Gasteiger partial charge is 0.379 e. The summed E-state index contributed by atoms with van der Waals surface area (Å²) in [5, 5.41) is 9.07. The van der Waals surface area contributed by atoms with E-state index in [-0.39, 0.29) is 6.23 Å². The molecule has 2 nitrogen and oxygen atoms in total. The summed E-state index contributed by atoms with van der Waals surface area (Å²) in [6, 6.07) is 0. The van der Waals surface area contributed by atoms with Gasteiger partial charge in [-0.3, -0.25) is 4.90 Å². The summed E-state index contributed by atoms with van der Waals surface area (Å²) in [5.74, 6) is 0. The van der Waals surface area contributed by atoms with Crippen molar-refractivity contribution in [3.05, 3.63) is 12.2 Å². The Balaban J connectivity index is 2.35. The highest BCUT2D eigenvalue weighted by Crippen LogP contribution is 2.03. The van der Waals surface area contributed by atoms with E-state index in [0.29, 0.717) is 0 Å². The van der Waals surface area contributed by atoms with Crippen molar-refractivity contribution in [2.75, 3.05) is 13.1 Å². The number of aliphatic hydroxyl groups excluding tert-OH is 1. The fourth-order valence-electron chi connectivity index (χ4n) is 0.999. The highest BCUT2D eigenvalue weighted by Gasteiger charge is 2.09. The summed E-state index contributed by atoms with van der Waals surface area (Å²) < 4.78 is 0. The Kier molecular flexibility index (Phi) is 2.25.